The van der Waals surface area contributed by atoms with Gasteiger partial charge in [0, 0.05) is 37.1 Å². The van der Waals surface area contributed by atoms with Gasteiger partial charge in [0.25, 0.3) is 0 Å². The number of nitrogens with zero attached hydrogens (tertiary/aromatic N) is 1. The van der Waals surface area contributed by atoms with E-state index in [0.717, 1.165) is 16.3 Å². The first-order chi connectivity index (χ1) is 10.2. The van der Waals surface area contributed by atoms with Crippen LogP contribution in [0.25, 0.3) is 0 Å². The molecule has 0 bridgehead atoms. The fourth-order valence-electron chi connectivity index (χ4n) is 1.99. The fraction of sp³-hybridized carbons (Fsp3) is 0.400. The molecule has 1 heterocycles. The monoisotopic (exact) mass is 307 g/mol. The van der Waals surface area contributed by atoms with E-state index in [1.807, 2.05) is 29.6 Å². The van der Waals surface area contributed by atoms with Gasteiger partial charge in [-0.1, -0.05) is 12.1 Å². The molecule has 0 spiro atoms. The highest BCUT2D eigenvalue weighted by molar-refractivity contribution is 7.09. The predicted molar refractivity (Wildman–Crippen MR) is 84.5 cm³/mol. The highest BCUT2D eigenvalue weighted by Crippen LogP contribution is 2.12. The summed E-state index contributed by atoms with van der Waals surface area (Å²) in [7, 11) is 1.65. The van der Waals surface area contributed by atoms with Crippen LogP contribution in [0.2, 0.25) is 0 Å². The minimum atomic E-state index is -0.598. The van der Waals surface area contributed by atoms with Gasteiger partial charge < -0.3 is 20.9 Å². The molecule has 0 saturated carbocycles. The van der Waals surface area contributed by atoms with Crippen molar-refractivity contribution in [3.05, 3.63) is 46.4 Å². The van der Waals surface area contributed by atoms with Crippen LogP contribution in [0, 0.1) is 0 Å². The average molecular weight is 307 g/mol. The number of aromatic nitrogens is 1. The first-order valence-corrected chi connectivity index (χ1v) is 7.72. The third-order valence-corrected chi connectivity index (χ3v) is 4.01. The Kier molecular flexibility index (Phi) is 6.13. The van der Waals surface area contributed by atoms with Crippen molar-refractivity contribution in [1.82, 2.24) is 10.3 Å². The molecular weight excluding hydrogens is 286 g/mol. The van der Waals surface area contributed by atoms with Crippen LogP contribution >= 0.6 is 11.3 Å². The van der Waals surface area contributed by atoms with Crippen molar-refractivity contribution in [3.63, 3.8) is 0 Å². The van der Waals surface area contributed by atoms with E-state index in [2.05, 4.69) is 10.3 Å². The lowest BCUT2D eigenvalue weighted by Gasteiger charge is -2.18. The van der Waals surface area contributed by atoms with E-state index in [-0.39, 0.29) is 6.04 Å². The summed E-state index contributed by atoms with van der Waals surface area (Å²) in [6.45, 7) is 1.11. The second kappa shape index (κ2) is 8.09. The molecule has 0 radical (unpaired) electrons. The van der Waals surface area contributed by atoms with Gasteiger partial charge in [0.2, 0.25) is 0 Å². The zero-order chi connectivity index (χ0) is 15.1. The maximum Gasteiger partial charge on any atom is 0.119 e. The lowest BCUT2D eigenvalue weighted by Crippen LogP contribution is -2.42. The Labute approximate surface area is 128 Å². The maximum atomic E-state index is 10.1. The van der Waals surface area contributed by atoms with E-state index in [1.165, 1.54) is 0 Å². The number of nitrogens with two attached hydrogens (primary N) is 1. The number of thiazole rings is 1. The van der Waals surface area contributed by atoms with Crippen molar-refractivity contribution in [2.45, 2.75) is 25.1 Å². The summed E-state index contributed by atoms with van der Waals surface area (Å²) < 4.78 is 5.18. The van der Waals surface area contributed by atoms with Gasteiger partial charge in [-0.15, -0.1) is 11.3 Å². The number of benzene rings is 1. The van der Waals surface area contributed by atoms with E-state index in [4.69, 9.17) is 10.5 Å². The molecule has 2 atom stereocenters. The third kappa shape index (κ3) is 5.09. The summed E-state index contributed by atoms with van der Waals surface area (Å²) in [6.07, 6.45) is 1.75. The Morgan fingerprint density at radius 2 is 2.33 bits per heavy atom. The van der Waals surface area contributed by atoms with Gasteiger partial charge >= 0.3 is 0 Å². The van der Waals surface area contributed by atoms with Crippen LogP contribution in [0.15, 0.2) is 35.8 Å². The second-order valence-corrected chi connectivity index (χ2v) is 5.82. The van der Waals surface area contributed by atoms with E-state index in [0.29, 0.717) is 19.5 Å². The summed E-state index contributed by atoms with van der Waals surface area (Å²) >= 11 is 1.56. The summed E-state index contributed by atoms with van der Waals surface area (Å²) in [5.74, 6) is 0.829. The number of rotatable bonds is 8. The molecule has 4 N–H and O–H groups in total. The Morgan fingerprint density at radius 3 is 3.05 bits per heavy atom. The van der Waals surface area contributed by atoms with Crippen molar-refractivity contribution >= 4 is 11.3 Å². The standard InChI is InChI=1S/C15H21N3O2S/c1-20-12-4-2-3-11(7-12)9-17-10-14(19)13(16)8-15-18-5-6-21-15/h2-7,13-14,17,19H,8-10,16H2,1H3/t13-,14+/m0/s1. The van der Waals surface area contributed by atoms with Crippen LogP contribution in [0.1, 0.15) is 10.6 Å². The molecule has 0 aliphatic rings. The van der Waals surface area contributed by atoms with E-state index in [1.54, 1.807) is 24.6 Å². The van der Waals surface area contributed by atoms with Crippen LogP contribution in [-0.4, -0.2) is 35.9 Å². The first kappa shape index (κ1) is 15.9. The third-order valence-electron chi connectivity index (χ3n) is 3.20. The second-order valence-electron chi connectivity index (χ2n) is 4.84. The predicted octanol–water partition coefficient (Wildman–Crippen LogP) is 1.17. The quantitative estimate of drug-likeness (QED) is 0.682. The molecule has 0 aliphatic carbocycles. The highest BCUT2D eigenvalue weighted by atomic mass is 32.1. The molecule has 2 aromatic rings. The topological polar surface area (TPSA) is 80.4 Å². The van der Waals surface area contributed by atoms with Crippen LogP contribution in [0.3, 0.4) is 0 Å². The molecule has 0 unspecified atom stereocenters. The van der Waals surface area contributed by atoms with Crippen LogP contribution in [-0.2, 0) is 13.0 Å². The highest BCUT2D eigenvalue weighted by Gasteiger charge is 2.16. The van der Waals surface area contributed by atoms with Crippen LogP contribution in [0.4, 0.5) is 0 Å². The van der Waals surface area contributed by atoms with Gasteiger partial charge in [-0.05, 0) is 17.7 Å². The lowest BCUT2D eigenvalue weighted by molar-refractivity contribution is 0.141. The average Bonchev–Trinajstić information content (AvgIpc) is 3.00. The van der Waals surface area contributed by atoms with Gasteiger partial charge in [0.05, 0.1) is 18.2 Å². The van der Waals surface area contributed by atoms with E-state index in [9.17, 15) is 5.11 Å². The number of hydrogen-bond donors (Lipinski definition) is 3. The molecule has 0 amide bonds. The lowest BCUT2D eigenvalue weighted by atomic mass is 10.1. The van der Waals surface area contributed by atoms with Gasteiger partial charge in [-0.2, -0.15) is 0 Å². The number of methoxy groups -OCH3 is 1. The van der Waals surface area contributed by atoms with Gasteiger partial charge in [0.1, 0.15) is 5.75 Å². The van der Waals surface area contributed by atoms with Crippen molar-refractivity contribution in [1.29, 1.82) is 0 Å². The molecule has 1 aromatic heterocycles. The molecule has 1 aromatic carbocycles. The molecule has 2 rings (SSSR count). The first-order valence-electron chi connectivity index (χ1n) is 6.84. The van der Waals surface area contributed by atoms with Gasteiger partial charge in [0.15, 0.2) is 0 Å². The zero-order valence-corrected chi connectivity index (χ0v) is 12.8. The smallest absolute Gasteiger partial charge is 0.119 e. The normalized spacial score (nSPS) is 13.9. The van der Waals surface area contributed by atoms with Crippen molar-refractivity contribution in [2.75, 3.05) is 13.7 Å². The Balaban J connectivity index is 1.74. The molecule has 0 aliphatic heterocycles. The van der Waals surface area contributed by atoms with E-state index < -0.39 is 6.10 Å². The number of nitrogens with one attached hydrogen (secondary N) is 1. The van der Waals surface area contributed by atoms with Gasteiger partial charge in [-0.25, -0.2) is 4.98 Å². The molecule has 5 nitrogen and oxygen atoms in total. The van der Waals surface area contributed by atoms with Crippen molar-refractivity contribution < 1.29 is 9.84 Å². The summed E-state index contributed by atoms with van der Waals surface area (Å²) in [5, 5.41) is 16.1. The minimum absolute atomic E-state index is 0.311. The zero-order valence-electron chi connectivity index (χ0n) is 12.0. The van der Waals surface area contributed by atoms with E-state index >= 15 is 0 Å². The Morgan fingerprint density at radius 1 is 1.48 bits per heavy atom. The molecular formula is C15H21N3O2S. The number of ether oxygens (including phenoxy) is 1. The summed E-state index contributed by atoms with van der Waals surface area (Å²) in [4.78, 5) is 4.18. The van der Waals surface area contributed by atoms with Crippen molar-refractivity contribution in [2.24, 2.45) is 5.73 Å². The Bertz CT molecular complexity index is 533. The van der Waals surface area contributed by atoms with Crippen LogP contribution < -0.4 is 15.8 Å². The van der Waals surface area contributed by atoms with Crippen molar-refractivity contribution in [3.8, 4) is 5.75 Å². The molecule has 6 heteroatoms. The minimum Gasteiger partial charge on any atom is -0.497 e. The molecule has 21 heavy (non-hydrogen) atoms. The largest absolute Gasteiger partial charge is 0.497 e. The van der Waals surface area contributed by atoms with Gasteiger partial charge in [-0.3, -0.25) is 0 Å². The summed E-state index contributed by atoms with van der Waals surface area (Å²) in [5.41, 5.74) is 7.10. The Hall–Kier alpha value is -1.47. The fourth-order valence-corrected chi connectivity index (χ4v) is 2.68. The summed E-state index contributed by atoms with van der Waals surface area (Å²) in [6, 6.07) is 7.52. The van der Waals surface area contributed by atoms with Crippen LogP contribution in [0.5, 0.6) is 5.75 Å². The number of aliphatic hydroxyl groups excluding tert-OH is 1. The molecule has 0 fully saturated rings. The SMILES string of the molecule is COc1cccc(CNC[C@@H](O)[C@@H](N)Cc2nccs2)c1. The maximum absolute atomic E-state index is 10.1. The number of aliphatic hydroxyl groups is 1. The molecule has 0 saturated heterocycles. The number of hydrogen-bond acceptors (Lipinski definition) is 6. The molecule has 114 valence electrons.